The van der Waals surface area contributed by atoms with Crippen LogP contribution >= 0.6 is 23.2 Å². The van der Waals surface area contributed by atoms with Gasteiger partial charge in [-0.05, 0) is 62.6 Å². The maximum atomic E-state index is 14.0. The van der Waals surface area contributed by atoms with Crippen LogP contribution in [0.3, 0.4) is 0 Å². The number of aryl methyl sites for hydroxylation is 1. The van der Waals surface area contributed by atoms with E-state index < -0.39 is 17.4 Å². The van der Waals surface area contributed by atoms with Gasteiger partial charge >= 0.3 is 0 Å². The summed E-state index contributed by atoms with van der Waals surface area (Å²) in [5.41, 5.74) is 2.70. The molecule has 4 heterocycles. The summed E-state index contributed by atoms with van der Waals surface area (Å²) in [4.78, 5) is 44.7. The number of fused-ring (bicyclic) bond motifs is 7. The molecule has 2 aromatic rings. The third-order valence-electron chi connectivity index (χ3n) is 7.85. The molecular weight excluding hydrogens is 449 g/mol. The molecule has 3 saturated heterocycles. The molecule has 6 rings (SSSR count). The molecule has 1 N–H and O–H groups in total. The van der Waals surface area contributed by atoms with Crippen LogP contribution in [0, 0.1) is 25.7 Å². The first kappa shape index (κ1) is 20.2. The summed E-state index contributed by atoms with van der Waals surface area (Å²) < 4.78 is 0. The second kappa shape index (κ2) is 6.56. The highest BCUT2D eigenvalue weighted by molar-refractivity contribution is 6.38. The van der Waals surface area contributed by atoms with Crippen molar-refractivity contribution >= 4 is 52.3 Å². The van der Waals surface area contributed by atoms with E-state index in [2.05, 4.69) is 10.2 Å². The zero-order valence-corrected chi connectivity index (χ0v) is 19.1. The van der Waals surface area contributed by atoms with Crippen LogP contribution in [-0.2, 0) is 19.9 Å². The molecular formula is C24H21Cl2N3O3. The molecule has 0 saturated carbocycles. The first-order valence-corrected chi connectivity index (χ1v) is 11.6. The predicted molar refractivity (Wildman–Crippen MR) is 122 cm³/mol. The lowest BCUT2D eigenvalue weighted by molar-refractivity contribution is -0.135. The van der Waals surface area contributed by atoms with Gasteiger partial charge in [-0.2, -0.15) is 0 Å². The number of nitrogens with one attached hydrogen (secondary N) is 1. The minimum atomic E-state index is -1.19. The maximum absolute atomic E-state index is 14.0. The summed E-state index contributed by atoms with van der Waals surface area (Å²) in [6.07, 6.45) is 1.65. The quantitative estimate of drug-likeness (QED) is 0.639. The van der Waals surface area contributed by atoms with Crippen molar-refractivity contribution < 1.29 is 14.4 Å². The molecule has 6 nitrogen and oxygen atoms in total. The Labute approximate surface area is 195 Å². The fourth-order valence-corrected chi connectivity index (χ4v) is 6.78. The first-order valence-electron chi connectivity index (χ1n) is 10.8. The highest BCUT2D eigenvalue weighted by atomic mass is 35.5. The number of benzene rings is 2. The van der Waals surface area contributed by atoms with E-state index in [4.69, 9.17) is 23.2 Å². The molecule has 0 radical (unpaired) electrons. The van der Waals surface area contributed by atoms with Crippen LogP contribution in [0.4, 0.5) is 11.4 Å². The number of amides is 3. The Bertz CT molecular complexity index is 1250. The number of carbonyl (C=O) groups is 3. The number of halogens is 2. The minimum absolute atomic E-state index is 0.169. The first-order chi connectivity index (χ1) is 15.3. The molecule has 4 aliphatic heterocycles. The maximum Gasteiger partial charge on any atom is 0.250 e. The van der Waals surface area contributed by atoms with Gasteiger partial charge in [0.15, 0.2) is 0 Å². The number of anilines is 2. The summed E-state index contributed by atoms with van der Waals surface area (Å²) in [5, 5.41) is 3.72. The van der Waals surface area contributed by atoms with Gasteiger partial charge in [-0.25, -0.2) is 4.90 Å². The van der Waals surface area contributed by atoms with Crippen molar-refractivity contribution in [1.82, 2.24) is 4.90 Å². The lowest BCUT2D eigenvalue weighted by atomic mass is 9.75. The lowest BCUT2D eigenvalue weighted by Gasteiger charge is -2.36. The molecule has 4 aliphatic rings. The molecule has 4 atom stereocenters. The van der Waals surface area contributed by atoms with E-state index in [9.17, 15) is 14.4 Å². The summed E-state index contributed by atoms with van der Waals surface area (Å²) in [6, 6.07) is 8.50. The average molecular weight is 470 g/mol. The van der Waals surface area contributed by atoms with Gasteiger partial charge in [0.2, 0.25) is 17.7 Å². The van der Waals surface area contributed by atoms with Gasteiger partial charge in [-0.3, -0.25) is 19.3 Å². The van der Waals surface area contributed by atoms with Crippen LogP contribution in [0.5, 0.6) is 0 Å². The zero-order valence-electron chi connectivity index (χ0n) is 17.6. The van der Waals surface area contributed by atoms with Gasteiger partial charge in [0.05, 0.1) is 22.5 Å². The molecule has 0 bridgehead atoms. The van der Waals surface area contributed by atoms with Crippen LogP contribution in [-0.4, -0.2) is 35.2 Å². The van der Waals surface area contributed by atoms with E-state index in [1.807, 2.05) is 26.0 Å². The average Bonchev–Trinajstić information content (AvgIpc) is 3.46. The summed E-state index contributed by atoms with van der Waals surface area (Å²) in [6.45, 7) is 4.65. The molecule has 1 spiro atoms. The van der Waals surface area contributed by atoms with Crippen LogP contribution in [0.2, 0.25) is 10.0 Å². The number of carbonyl (C=O) groups excluding carboxylic acids is 3. The van der Waals surface area contributed by atoms with E-state index in [-0.39, 0.29) is 34.5 Å². The van der Waals surface area contributed by atoms with Crippen molar-refractivity contribution in [3.8, 4) is 0 Å². The zero-order chi connectivity index (χ0) is 22.5. The number of hydrogen-bond acceptors (Lipinski definition) is 4. The van der Waals surface area contributed by atoms with Crippen LogP contribution < -0.4 is 10.2 Å². The Kier molecular flexibility index (Phi) is 4.15. The normalized spacial score (nSPS) is 30.8. The van der Waals surface area contributed by atoms with Crippen molar-refractivity contribution in [2.75, 3.05) is 16.8 Å². The fourth-order valence-electron chi connectivity index (χ4n) is 6.41. The van der Waals surface area contributed by atoms with Gasteiger partial charge in [-0.15, -0.1) is 0 Å². The minimum Gasteiger partial charge on any atom is -0.324 e. The molecule has 8 heteroatoms. The number of rotatable bonds is 1. The molecule has 164 valence electrons. The van der Waals surface area contributed by atoms with Gasteiger partial charge in [0.25, 0.3) is 0 Å². The highest BCUT2D eigenvalue weighted by Crippen LogP contribution is 2.61. The molecule has 3 fully saturated rings. The van der Waals surface area contributed by atoms with E-state index in [1.54, 1.807) is 12.1 Å². The van der Waals surface area contributed by atoms with E-state index in [0.717, 1.165) is 40.1 Å². The summed E-state index contributed by atoms with van der Waals surface area (Å²) in [5.74, 6) is -2.32. The van der Waals surface area contributed by atoms with E-state index >= 15 is 0 Å². The highest BCUT2D eigenvalue weighted by Gasteiger charge is 2.74. The van der Waals surface area contributed by atoms with Crippen molar-refractivity contribution in [2.45, 2.75) is 38.3 Å². The number of hydrogen-bond donors (Lipinski definition) is 1. The Morgan fingerprint density at radius 1 is 1.06 bits per heavy atom. The Morgan fingerprint density at radius 3 is 2.62 bits per heavy atom. The van der Waals surface area contributed by atoms with Gasteiger partial charge in [0.1, 0.15) is 5.54 Å². The third kappa shape index (κ3) is 2.23. The molecule has 0 unspecified atom stereocenters. The van der Waals surface area contributed by atoms with Crippen LogP contribution in [0.15, 0.2) is 30.3 Å². The molecule has 0 aromatic heterocycles. The largest absolute Gasteiger partial charge is 0.324 e. The number of imide groups is 1. The lowest BCUT2D eigenvalue weighted by Crippen LogP contribution is -2.54. The van der Waals surface area contributed by atoms with Crippen molar-refractivity contribution in [3.63, 3.8) is 0 Å². The topological polar surface area (TPSA) is 69.7 Å². The molecule has 3 amide bonds. The summed E-state index contributed by atoms with van der Waals surface area (Å²) in [7, 11) is 0. The Hall–Kier alpha value is -2.41. The second-order valence-electron chi connectivity index (χ2n) is 9.16. The van der Waals surface area contributed by atoms with Crippen LogP contribution in [0.1, 0.15) is 29.5 Å². The predicted octanol–water partition coefficient (Wildman–Crippen LogP) is 4.04. The SMILES string of the molecule is Cc1ccc2c(c1C)NC(=O)[C@@]21[C@@H]2C(=O)N(c3cc(Cl)ccc3Cl)C(=O)[C@@H]2[C@@H]2CCCN21. The smallest absolute Gasteiger partial charge is 0.250 e. The standard InChI is InChI=1S/C24H21Cl2N3O3/c1-11-5-7-14-20(12(11)2)27-23(32)24(14)19-18(16-4-3-9-28(16)24)21(30)29(22(19)31)17-10-13(25)6-8-15(17)26/h5-8,10,16,18-19H,3-4,9H2,1-2H3,(H,27,32)/t16-,18+,19-,24-/m0/s1. The fraction of sp³-hybridized carbons (Fsp3) is 0.375. The van der Waals surface area contributed by atoms with Crippen LogP contribution in [0.25, 0.3) is 0 Å². The van der Waals surface area contributed by atoms with Gasteiger partial charge in [0, 0.05) is 22.3 Å². The third-order valence-corrected chi connectivity index (χ3v) is 8.40. The van der Waals surface area contributed by atoms with E-state index in [1.165, 1.54) is 6.07 Å². The van der Waals surface area contributed by atoms with Crippen molar-refractivity contribution in [1.29, 1.82) is 0 Å². The van der Waals surface area contributed by atoms with E-state index in [0.29, 0.717) is 11.6 Å². The molecule has 0 aliphatic carbocycles. The monoisotopic (exact) mass is 469 g/mol. The van der Waals surface area contributed by atoms with Gasteiger partial charge < -0.3 is 5.32 Å². The number of nitrogens with zero attached hydrogens (tertiary/aromatic N) is 2. The Balaban J connectivity index is 1.58. The molecule has 32 heavy (non-hydrogen) atoms. The Morgan fingerprint density at radius 2 is 1.84 bits per heavy atom. The van der Waals surface area contributed by atoms with Crippen molar-refractivity contribution in [2.24, 2.45) is 11.8 Å². The van der Waals surface area contributed by atoms with Gasteiger partial charge in [-0.1, -0.05) is 35.3 Å². The molecule has 2 aromatic carbocycles. The summed E-state index contributed by atoms with van der Waals surface area (Å²) >= 11 is 12.5. The second-order valence-corrected chi connectivity index (χ2v) is 10.0. The van der Waals surface area contributed by atoms with Crippen molar-refractivity contribution in [3.05, 3.63) is 57.1 Å².